The first-order valence-corrected chi connectivity index (χ1v) is 8.41. The second-order valence-electron chi connectivity index (χ2n) is 5.81. The van der Waals surface area contributed by atoms with Crippen LogP contribution in [-0.2, 0) is 0 Å². The molecular formula is C17H26N2OS. The van der Waals surface area contributed by atoms with Crippen LogP contribution in [0.4, 0.5) is 5.69 Å². The summed E-state index contributed by atoms with van der Waals surface area (Å²) in [6.45, 7) is 5.13. The largest absolute Gasteiger partial charge is 0.491 e. The van der Waals surface area contributed by atoms with Crippen LogP contribution in [0.3, 0.4) is 0 Å². The van der Waals surface area contributed by atoms with Crippen molar-refractivity contribution < 1.29 is 4.74 Å². The van der Waals surface area contributed by atoms with Gasteiger partial charge in [-0.25, -0.2) is 0 Å². The molecule has 0 bridgehead atoms. The number of hydrogen-bond donors (Lipinski definition) is 2. The molecule has 0 radical (unpaired) electrons. The monoisotopic (exact) mass is 306 g/mol. The van der Waals surface area contributed by atoms with Gasteiger partial charge in [0.1, 0.15) is 5.75 Å². The maximum Gasteiger partial charge on any atom is 0.171 e. The van der Waals surface area contributed by atoms with Crippen molar-refractivity contribution in [2.24, 2.45) is 5.92 Å². The third kappa shape index (κ3) is 4.88. The van der Waals surface area contributed by atoms with E-state index in [4.69, 9.17) is 17.0 Å². The molecule has 1 fully saturated rings. The zero-order valence-corrected chi connectivity index (χ0v) is 13.8. The predicted molar refractivity (Wildman–Crippen MR) is 93.0 cm³/mol. The lowest BCUT2D eigenvalue weighted by Gasteiger charge is -2.30. The number of nitrogens with one attached hydrogen (secondary N) is 2. The fourth-order valence-corrected chi connectivity index (χ4v) is 3.03. The van der Waals surface area contributed by atoms with Crippen LogP contribution in [0, 0.1) is 5.92 Å². The molecule has 1 aromatic rings. The van der Waals surface area contributed by atoms with Crippen molar-refractivity contribution in [3.05, 3.63) is 24.3 Å². The average molecular weight is 306 g/mol. The normalized spacial score (nSPS) is 21.6. The third-order valence-corrected chi connectivity index (χ3v) is 4.24. The Morgan fingerprint density at radius 2 is 2.05 bits per heavy atom. The number of rotatable bonds is 5. The molecule has 2 rings (SSSR count). The molecule has 0 heterocycles. The maximum absolute atomic E-state index is 5.75. The topological polar surface area (TPSA) is 33.3 Å². The van der Waals surface area contributed by atoms with Crippen LogP contribution in [-0.4, -0.2) is 17.8 Å². The van der Waals surface area contributed by atoms with E-state index in [1.165, 1.54) is 25.7 Å². The fraction of sp³-hybridized carbons (Fsp3) is 0.588. The summed E-state index contributed by atoms with van der Waals surface area (Å²) in [5.41, 5.74) is 0.937. The average Bonchev–Trinajstić information content (AvgIpc) is 2.49. The Kier molecular flexibility index (Phi) is 6.30. The molecule has 1 aromatic carbocycles. The van der Waals surface area contributed by atoms with E-state index in [1.807, 2.05) is 24.3 Å². The van der Waals surface area contributed by atoms with Crippen LogP contribution in [0.5, 0.6) is 5.75 Å². The lowest BCUT2D eigenvalue weighted by molar-refractivity contribution is 0.309. The molecule has 0 unspecified atom stereocenters. The Bertz CT molecular complexity index is 464. The van der Waals surface area contributed by atoms with Crippen molar-refractivity contribution in [3.63, 3.8) is 0 Å². The van der Waals surface area contributed by atoms with Crippen molar-refractivity contribution in [2.45, 2.75) is 52.0 Å². The van der Waals surface area contributed by atoms with Gasteiger partial charge in [-0.15, -0.1) is 0 Å². The number of hydrogen-bond acceptors (Lipinski definition) is 2. The highest BCUT2D eigenvalue weighted by Crippen LogP contribution is 2.26. The second-order valence-corrected chi connectivity index (χ2v) is 6.22. The highest BCUT2D eigenvalue weighted by atomic mass is 32.1. The van der Waals surface area contributed by atoms with E-state index < -0.39 is 0 Å². The minimum absolute atomic E-state index is 0.488. The Balaban J connectivity index is 1.92. The molecule has 0 aliphatic heterocycles. The quantitative estimate of drug-likeness (QED) is 0.793. The maximum atomic E-state index is 5.75. The van der Waals surface area contributed by atoms with Crippen LogP contribution < -0.4 is 15.4 Å². The van der Waals surface area contributed by atoms with Crippen molar-refractivity contribution in [1.82, 2.24) is 5.32 Å². The molecule has 2 atom stereocenters. The van der Waals surface area contributed by atoms with E-state index in [9.17, 15) is 0 Å². The van der Waals surface area contributed by atoms with Gasteiger partial charge in [-0.2, -0.15) is 0 Å². The lowest BCUT2D eigenvalue weighted by Crippen LogP contribution is -2.43. The van der Waals surface area contributed by atoms with E-state index in [2.05, 4.69) is 24.5 Å². The van der Waals surface area contributed by atoms with Crippen LogP contribution in [0.25, 0.3) is 0 Å². The number of ether oxygens (including phenoxy) is 1. The van der Waals surface area contributed by atoms with Crippen LogP contribution >= 0.6 is 12.2 Å². The summed E-state index contributed by atoms with van der Waals surface area (Å²) >= 11 is 5.46. The highest BCUT2D eigenvalue weighted by molar-refractivity contribution is 7.80. The van der Waals surface area contributed by atoms with E-state index in [0.29, 0.717) is 17.1 Å². The minimum atomic E-state index is 0.488. The Labute approximate surface area is 133 Å². The first kappa shape index (κ1) is 16.1. The molecule has 0 saturated heterocycles. The van der Waals surface area contributed by atoms with Gasteiger partial charge in [0.25, 0.3) is 0 Å². The van der Waals surface area contributed by atoms with Gasteiger partial charge in [-0.05, 0) is 49.5 Å². The Hall–Kier alpha value is -1.29. The van der Waals surface area contributed by atoms with Gasteiger partial charge in [0, 0.05) is 6.04 Å². The molecule has 116 valence electrons. The van der Waals surface area contributed by atoms with E-state index >= 15 is 0 Å². The Morgan fingerprint density at radius 3 is 2.81 bits per heavy atom. The highest BCUT2D eigenvalue weighted by Gasteiger charge is 2.21. The van der Waals surface area contributed by atoms with Crippen LogP contribution in [0.2, 0.25) is 0 Å². The molecule has 1 aliphatic carbocycles. The van der Waals surface area contributed by atoms with Crippen LogP contribution in [0.15, 0.2) is 24.3 Å². The van der Waals surface area contributed by atoms with Crippen molar-refractivity contribution >= 4 is 23.0 Å². The number of anilines is 1. The van der Waals surface area contributed by atoms with Crippen molar-refractivity contribution in [1.29, 1.82) is 0 Å². The van der Waals surface area contributed by atoms with Crippen molar-refractivity contribution in [3.8, 4) is 5.75 Å². The summed E-state index contributed by atoms with van der Waals surface area (Å²) in [5.74, 6) is 1.55. The molecule has 3 nitrogen and oxygen atoms in total. The standard InChI is InChI=1S/C17H26N2OS/c1-3-12-20-16-11-7-6-10-15(16)19-17(21)18-14-9-5-4-8-13(14)2/h6-7,10-11,13-14H,3-5,8-9,12H2,1-2H3,(H2,18,19,21)/t13-,14+/m1/s1. The summed E-state index contributed by atoms with van der Waals surface area (Å²) in [4.78, 5) is 0. The summed E-state index contributed by atoms with van der Waals surface area (Å²) < 4.78 is 5.75. The fourth-order valence-electron chi connectivity index (χ4n) is 2.77. The first-order valence-electron chi connectivity index (χ1n) is 8.00. The van der Waals surface area contributed by atoms with Gasteiger partial charge in [-0.1, -0.05) is 38.8 Å². The van der Waals surface area contributed by atoms with Crippen molar-refractivity contribution in [2.75, 3.05) is 11.9 Å². The summed E-state index contributed by atoms with van der Waals surface area (Å²) in [7, 11) is 0. The summed E-state index contributed by atoms with van der Waals surface area (Å²) in [6.07, 6.45) is 6.12. The molecule has 4 heteroatoms. The number of para-hydroxylation sites is 2. The molecule has 1 aliphatic rings. The molecule has 21 heavy (non-hydrogen) atoms. The van der Waals surface area contributed by atoms with E-state index in [1.54, 1.807) is 0 Å². The molecule has 1 saturated carbocycles. The first-order chi connectivity index (χ1) is 10.2. The van der Waals surface area contributed by atoms with E-state index in [0.717, 1.165) is 24.5 Å². The predicted octanol–water partition coefficient (Wildman–Crippen LogP) is 4.34. The minimum Gasteiger partial charge on any atom is -0.491 e. The van der Waals surface area contributed by atoms with Gasteiger partial charge in [0.05, 0.1) is 12.3 Å². The Morgan fingerprint density at radius 1 is 1.29 bits per heavy atom. The summed E-state index contributed by atoms with van der Waals surface area (Å²) in [6, 6.07) is 8.44. The zero-order chi connectivity index (χ0) is 15.1. The zero-order valence-electron chi connectivity index (χ0n) is 13.0. The molecule has 0 aromatic heterocycles. The number of thiocarbonyl (C=S) groups is 1. The lowest BCUT2D eigenvalue weighted by atomic mass is 9.86. The van der Waals surface area contributed by atoms with Gasteiger partial charge in [0.15, 0.2) is 5.11 Å². The molecular weight excluding hydrogens is 280 g/mol. The van der Waals surface area contributed by atoms with Crippen LogP contribution in [0.1, 0.15) is 46.0 Å². The second kappa shape index (κ2) is 8.23. The van der Waals surface area contributed by atoms with Gasteiger partial charge in [-0.3, -0.25) is 0 Å². The number of benzene rings is 1. The van der Waals surface area contributed by atoms with Gasteiger partial charge >= 0.3 is 0 Å². The molecule has 2 N–H and O–H groups in total. The van der Waals surface area contributed by atoms with Gasteiger partial charge in [0.2, 0.25) is 0 Å². The third-order valence-electron chi connectivity index (χ3n) is 4.02. The summed E-state index contributed by atoms with van der Waals surface area (Å²) in [5, 5.41) is 7.44. The van der Waals surface area contributed by atoms with Gasteiger partial charge < -0.3 is 15.4 Å². The SMILES string of the molecule is CCCOc1ccccc1NC(=S)N[C@H]1CCCC[C@H]1C. The van der Waals surface area contributed by atoms with E-state index in [-0.39, 0.29) is 0 Å². The molecule has 0 spiro atoms. The smallest absolute Gasteiger partial charge is 0.171 e. The molecule has 0 amide bonds.